The maximum absolute atomic E-state index is 12.8. The minimum Gasteiger partial charge on any atom is -0.478 e. The van der Waals surface area contributed by atoms with Crippen LogP contribution in [0.1, 0.15) is 27.5 Å². The first kappa shape index (κ1) is 22.5. The number of hydrogen-bond acceptors (Lipinski definition) is 6. The zero-order valence-electron chi connectivity index (χ0n) is 17.1. The van der Waals surface area contributed by atoms with Crippen LogP contribution in [0.4, 0.5) is 0 Å². The lowest BCUT2D eigenvalue weighted by Gasteiger charge is -2.19. The van der Waals surface area contributed by atoms with Crippen molar-refractivity contribution in [3.63, 3.8) is 0 Å². The van der Waals surface area contributed by atoms with E-state index >= 15 is 0 Å². The second-order valence-corrected chi connectivity index (χ2v) is 8.30. The van der Waals surface area contributed by atoms with E-state index in [4.69, 9.17) is 11.6 Å². The summed E-state index contributed by atoms with van der Waals surface area (Å²) in [6.07, 6.45) is 0. The van der Waals surface area contributed by atoms with E-state index in [2.05, 4.69) is 20.8 Å². The van der Waals surface area contributed by atoms with E-state index < -0.39 is 5.97 Å². The van der Waals surface area contributed by atoms with Gasteiger partial charge in [-0.25, -0.2) is 4.79 Å². The molecule has 0 saturated carbocycles. The van der Waals surface area contributed by atoms with Crippen molar-refractivity contribution < 1.29 is 14.7 Å². The second kappa shape index (κ2) is 10.3. The van der Waals surface area contributed by atoms with Gasteiger partial charge in [-0.3, -0.25) is 4.79 Å². The fraction of sp³-hybridized carbons (Fsp3) is 0.0870. The van der Waals surface area contributed by atoms with Gasteiger partial charge in [0, 0.05) is 0 Å². The number of carboxylic acids is 1. The van der Waals surface area contributed by atoms with E-state index in [-0.39, 0.29) is 28.3 Å². The summed E-state index contributed by atoms with van der Waals surface area (Å²) in [5.74, 6) is -1.29. The van der Waals surface area contributed by atoms with Crippen LogP contribution in [0.5, 0.6) is 0 Å². The summed E-state index contributed by atoms with van der Waals surface area (Å²) in [4.78, 5) is 24.2. The highest BCUT2D eigenvalue weighted by molar-refractivity contribution is 7.99. The van der Waals surface area contributed by atoms with Crippen molar-refractivity contribution in [3.8, 4) is 5.69 Å². The Kier molecular flexibility index (Phi) is 7.01. The molecule has 2 N–H and O–H groups in total. The summed E-state index contributed by atoms with van der Waals surface area (Å²) in [7, 11) is 0. The molecule has 8 nitrogen and oxygen atoms in total. The highest BCUT2D eigenvalue weighted by Crippen LogP contribution is 2.25. The zero-order valence-corrected chi connectivity index (χ0v) is 18.7. The minimum absolute atomic E-state index is 0.0630. The number of carbonyl (C=O) groups is 2. The predicted octanol–water partition coefficient (Wildman–Crippen LogP) is 4.01. The molecule has 0 atom stereocenters. The molecule has 3 aromatic carbocycles. The normalized spacial score (nSPS) is 10.8. The Balaban J connectivity index is 1.49. The van der Waals surface area contributed by atoms with Crippen molar-refractivity contribution >= 4 is 35.2 Å². The molecule has 166 valence electrons. The summed E-state index contributed by atoms with van der Waals surface area (Å²) >= 11 is 7.09. The third kappa shape index (κ3) is 5.39. The van der Waals surface area contributed by atoms with Gasteiger partial charge in [-0.1, -0.05) is 84.0 Å². The Hall–Kier alpha value is -3.69. The fourth-order valence-corrected chi connectivity index (χ4v) is 4.12. The number of benzene rings is 3. The molecule has 4 rings (SSSR count). The number of rotatable bonds is 8. The first-order valence-electron chi connectivity index (χ1n) is 9.86. The highest BCUT2D eigenvalue weighted by atomic mass is 35.5. The summed E-state index contributed by atoms with van der Waals surface area (Å²) in [6.45, 7) is 0. The highest BCUT2D eigenvalue weighted by Gasteiger charge is 2.19. The Morgan fingerprint density at radius 3 is 2.24 bits per heavy atom. The van der Waals surface area contributed by atoms with Crippen LogP contribution in [0.15, 0.2) is 84.0 Å². The fourth-order valence-electron chi connectivity index (χ4n) is 3.22. The number of amides is 1. The number of hydrogen-bond donors (Lipinski definition) is 2. The molecule has 0 aliphatic rings. The molecule has 0 fully saturated rings. The lowest BCUT2D eigenvalue weighted by Crippen LogP contribution is -2.30. The van der Waals surface area contributed by atoms with Crippen LogP contribution in [-0.4, -0.2) is 42.9 Å². The Morgan fingerprint density at radius 2 is 1.64 bits per heavy atom. The molecule has 0 aliphatic carbocycles. The van der Waals surface area contributed by atoms with Gasteiger partial charge < -0.3 is 10.4 Å². The van der Waals surface area contributed by atoms with Gasteiger partial charge in [-0.2, -0.15) is 4.68 Å². The molecule has 1 heterocycles. The Bertz CT molecular complexity index is 1230. The number of aromatic carboxylic acids is 1. The molecule has 0 aliphatic heterocycles. The Morgan fingerprint density at radius 1 is 1.00 bits per heavy atom. The molecule has 10 heteroatoms. The van der Waals surface area contributed by atoms with Gasteiger partial charge in [-0.15, -0.1) is 5.10 Å². The molecule has 0 unspecified atom stereocenters. The number of halogens is 1. The van der Waals surface area contributed by atoms with E-state index in [1.807, 2.05) is 60.7 Å². The van der Waals surface area contributed by atoms with Gasteiger partial charge in [-0.05, 0) is 39.8 Å². The molecule has 1 aromatic heterocycles. The van der Waals surface area contributed by atoms with Gasteiger partial charge in [0.05, 0.1) is 28.1 Å². The second-order valence-electron chi connectivity index (χ2n) is 6.95. The van der Waals surface area contributed by atoms with Crippen LogP contribution in [0.2, 0.25) is 5.02 Å². The van der Waals surface area contributed by atoms with Gasteiger partial charge in [0.2, 0.25) is 11.1 Å². The van der Waals surface area contributed by atoms with Crippen molar-refractivity contribution in [1.82, 2.24) is 25.5 Å². The van der Waals surface area contributed by atoms with E-state index in [0.29, 0.717) is 10.8 Å². The van der Waals surface area contributed by atoms with Crippen molar-refractivity contribution in [2.24, 2.45) is 0 Å². The Labute approximate surface area is 198 Å². The number of carbonyl (C=O) groups excluding carboxylic acids is 1. The lowest BCUT2D eigenvalue weighted by atomic mass is 9.99. The molecule has 33 heavy (non-hydrogen) atoms. The van der Waals surface area contributed by atoms with Gasteiger partial charge in [0.15, 0.2) is 0 Å². The first-order valence-corrected chi connectivity index (χ1v) is 11.2. The van der Waals surface area contributed by atoms with Crippen molar-refractivity contribution in [2.75, 3.05) is 5.75 Å². The molecule has 0 spiro atoms. The number of nitrogens with one attached hydrogen (secondary N) is 1. The predicted molar refractivity (Wildman–Crippen MR) is 125 cm³/mol. The van der Waals surface area contributed by atoms with Crippen molar-refractivity contribution in [1.29, 1.82) is 0 Å². The van der Waals surface area contributed by atoms with Crippen LogP contribution in [0, 0.1) is 0 Å². The van der Waals surface area contributed by atoms with Crippen LogP contribution < -0.4 is 5.32 Å². The lowest BCUT2D eigenvalue weighted by molar-refractivity contribution is -0.119. The average molecular weight is 480 g/mol. The number of aromatic nitrogens is 4. The molecular formula is C23H18ClN5O3S. The maximum atomic E-state index is 12.8. The molecule has 1 amide bonds. The number of carboxylic acid groups (broad SMARTS) is 1. The standard InChI is InChI=1S/C23H18ClN5O3S/c24-19-12-11-17(13-18(19)22(31)32)29-23(26-27-28-29)33-14-20(30)25-21(15-7-3-1-4-8-15)16-9-5-2-6-10-16/h1-13,21H,14H2,(H,25,30)(H,31,32). The quantitative estimate of drug-likeness (QED) is 0.367. The van der Waals surface area contributed by atoms with Crippen LogP contribution in [0.3, 0.4) is 0 Å². The van der Waals surface area contributed by atoms with Crippen LogP contribution >= 0.6 is 23.4 Å². The number of tetrazole rings is 1. The average Bonchev–Trinajstić information content (AvgIpc) is 3.31. The molecule has 0 bridgehead atoms. The summed E-state index contributed by atoms with van der Waals surface area (Å²) in [6, 6.07) is 23.6. The van der Waals surface area contributed by atoms with Gasteiger partial charge >= 0.3 is 5.97 Å². The smallest absolute Gasteiger partial charge is 0.337 e. The maximum Gasteiger partial charge on any atom is 0.337 e. The molecular weight excluding hydrogens is 462 g/mol. The van der Waals surface area contributed by atoms with E-state index in [1.54, 1.807) is 6.07 Å². The number of thioether (sulfide) groups is 1. The van der Waals surface area contributed by atoms with Crippen molar-refractivity contribution in [3.05, 3.63) is 101 Å². The first-order chi connectivity index (χ1) is 16.0. The van der Waals surface area contributed by atoms with Gasteiger partial charge in [0.1, 0.15) is 0 Å². The van der Waals surface area contributed by atoms with E-state index in [1.165, 1.54) is 16.8 Å². The third-order valence-electron chi connectivity index (χ3n) is 4.77. The SMILES string of the molecule is O=C(CSc1nnnn1-c1ccc(Cl)c(C(=O)O)c1)NC(c1ccccc1)c1ccccc1. The monoisotopic (exact) mass is 479 g/mol. The largest absolute Gasteiger partial charge is 0.478 e. The summed E-state index contributed by atoms with van der Waals surface area (Å²) < 4.78 is 1.37. The molecule has 0 radical (unpaired) electrons. The van der Waals surface area contributed by atoms with Crippen LogP contribution in [-0.2, 0) is 4.79 Å². The van der Waals surface area contributed by atoms with Crippen molar-refractivity contribution in [2.45, 2.75) is 11.2 Å². The topological polar surface area (TPSA) is 110 Å². The minimum atomic E-state index is -1.16. The molecule has 4 aromatic rings. The summed E-state index contributed by atoms with van der Waals surface area (Å²) in [5.41, 5.74) is 2.30. The van der Waals surface area contributed by atoms with Gasteiger partial charge in [0.25, 0.3) is 0 Å². The zero-order chi connectivity index (χ0) is 23.2. The third-order valence-corrected chi connectivity index (χ3v) is 6.02. The molecule has 0 saturated heterocycles. The number of nitrogens with zero attached hydrogens (tertiary/aromatic N) is 4. The van der Waals surface area contributed by atoms with E-state index in [9.17, 15) is 14.7 Å². The summed E-state index contributed by atoms with van der Waals surface area (Å²) in [5, 5.41) is 24.4. The van der Waals surface area contributed by atoms with E-state index in [0.717, 1.165) is 22.9 Å². The van der Waals surface area contributed by atoms with Crippen LogP contribution in [0.25, 0.3) is 5.69 Å².